The van der Waals surface area contributed by atoms with Gasteiger partial charge in [0.05, 0.1) is 0 Å². The van der Waals surface area contributed by atoms with Crippen molar-refractivity contribution in [3.63, 3.8) is 0 Å². The minimum absolute atomic E-state index is 1.22. The molecule has 6 aromatic rings. The summed E-state index contributed by atoms with van der Waals surface area (Å²) in [6, 6.07) is 32.9. The van der Waals surface area contributed by atoms with Gasteiger partial charge in [0, 0.05) is 19.5 Å². The first-order chi connectivity index (χ1) is 21.7. The van der Waals surface area contributed by atoms with E-state index < -0.39 is 0 Å². The molecule has 0 bridgehead atoms. The fourth-order valence-electron chi connectivity index (χ4n) is 6.55. The molecular weight excluding hydrogens is 569 g/mol. The van der Waals surface area contributed by atoms with Crippen LogP contribution in [0.3, 0.4) is 0 Å². The molecule has 2 heteroatoms. The summed E-state index contributed by atoms with van der Waals surface area (Å²) in [5.41, 5.74) is 2.68. The van der Waals surface area contributed by atoms with Gasteiger partial charge in [-0.1, -0.05) is 102 Å². The lowest BCUT2D eigenvalue weighted by Gasteiger charge is -2.08. The predicted molar refractivity (Wildman–Crippen MR) is 200 cm³/mol. The Morgan fingerprint density at radius 1 is 0.364 bits per heavy atom. The number of fused-ring (bicyclic) bond motifs is 3. The van der Waals surface area contributed by atoms with E-state index in [1.54, 1.807) is 0 Å². The van der Waals surface area contributed by atoms with Gasteiger partial charge in [-0.05, 0) is 130 Å². The largest absolute Gasteiger partial charge is 0.140 e. The lowest BCUT2D eigenvalue weighted by atomic mass is 9.97. The summed E-state index contributed by atoms with van der Waals surface area (Å²) in [5.74, 6) is 0. The third kappa shape index (κ3) is 7.82. The second kappa shape index (κ2) is 15.4. The molecule has 228 valence electrons. The van der Waals surface area contributed by atoms with Crippen molar-refractivity contribution in [2.75, 3.05) is 0 Å². The molecular formula is C42H48S2. The molecule has 6 rings (SSSR count). The molecule has 0 aliphatic carbocycles. The normalized spacial score (nSPS) is 11.8. The van der Waals surface area contributed by atoms with Crippen LogP contribution in [0.25, 0.3) is 53.2 Å². The first-order valence-electron chi connectivity index (χ1n) is 17.3. The van der Waals surface area contributed by atoms with Gasteiger partial charge in [-0.15, -0.1) is 22.7 Å². The van der Waals surface area contributed by atoms with Crippen molar-refractivity contribution in [2.24, 2.45) is 0 Å². The molecule has 0 aliphatic rings. The van der Waals surface area contributed by atoms with E-state index in [4.69, 9.17) is 0 Å². The van der Waals surface area contributed by atoms with Crippen molar-refractivity contribution in [1.82, 2.24) is 0 Å². The summed E-state index contributed by atoms with van der Waals surface area (Å²) >= 11 is 3.96. The van der Waals surface area contributed by atoms with Crippen molar-refractivity contribution in [1.29, 1.82) is 0 Å². The Bertz CT molecular complexity index is 1670. The molecule has 44 heavy (non-hydrogen) atoms. The van der Waals surface area contributed by atoms with Crippen LogP contribution in [0, 0.1) is 0 Å². The number of hydrogen-bond acceptors (Lipinski definition) is 2. The maximum atomic E-state index is 2.40. The molecule has 0 N–H and O–H groups in total. The summed E-state index contributed by atoms with van der Waals surface area (Å²) in [5, 5.41) is 7.93. The molecule has 0 fully saturated rings. The highest BCUT2D eigenvalue weighted by Crippen LogP contribution is 2.36. The Balaban J connectivity index is 1.16. The van der Waals surface area contributed by atoms with E-state index in [1.807, 2.05) is 22.7 Å². The van der Waals surface area contributed by atoms with Crippen LogP contribution in [-0.2, 0) is 12.8 Å². The monoisotopic (exact) mass is 616 g/mol. The molecule has 0 atom stereocenters. The zero-order valence-electron chi connectivity index (χ0n) is 26.8. The summed E-state index contributed by atoms with van der Waals surface area (Å²) < 4.78 is 0. The van der Waals surface area contributed by atoms with Crippen LogP contribution in [0.15, 0.2) is 84.9 Å². The standard InChI is InChI=1S/C42H48S2/c1-3-5-7-9-11-13-15-39-21-23-41(43-39)33-19-17-31-25-37-26-32-18-20-34(28-36(32)30-38(37)29-35(31)27-33)42-24-22-40(44-42)16-14-12-10-8-6-4-2/h17-30H,3-16H2,1-2H3. The smallest absolute Gasteiger partial charge is 0.0345 e. The zero-order chi connectivity index (χ0) is 30.1. The van der Waals surface area contributed by atoms with Crippen molar-refractivity contribution in [2.45, 2.75) is 104 Å². The Kier molecular flexibility index (Phi) is 10.8. The molecule has 0 aliphatic heterocycles. The minimum Gasteiger partial charge on any atom is -0.140 e. The first kappa shape index (κ1) is 31.1. The lowest BCUT2D eigenvalue weighted by Crippen LogP contribution is -1.82. The van der Waals surface area contributed by atoms with Gasteiger partial charge < -0.3 is 0 Å². The maximum absolute atomic E-state index is 2.40. The quantitative estimate of drug-likeness (QED) is 0.0749. The average molecular weight is 617 g/mol. The Morgan fingerprint density at radius 2 is 0.750 bits per heavy atom. The molecule has 0 radical (unpaired) electrons. The Hall–Kier alpha value is -2.94. The number of benzene rings is 4. The van der Waals surface area contributed by atoms with E-state index in [0.29, 0.717) is 0 Å². The molecule has 0 unspecified atom stereocenters. The molecule has 0 saturated carbocycles. The maximum Gasteiger partial charge on any atom is 0.0345 e. The van der Waals surface area contributed by atoms with Crippen LogP contribution in [-0.4, -0.2) is 0 Å². The van der Waals surface area contributed by atoms with E-state index in [1.165, 1.54) is 153 Å². The van der Waals surface area contributed by atoms with Gasteiger partial charge in [0.1, 0.15) is 0 Å². The predicted octanol–water partition coefficient (Wildman–Crippen LogP) is 14.4. The summed E-state index contributed by atoms with van der Waals surface area (Å²) in [7, 11) is 0. The third-order valence-electron chi connectivity index (χ3n) is 9.20. The first-order valence-corrected chi connectivity index (χ1v) is 18.9. The molecule has 0 saturated heterocycles. The summed E-state index contributed by atoms with van der Waals surface area (Å²) in [6.45, 7) is 4.58. The number of rotatable bonds is 16. The number of unbranched alkanes of at least 4 members (excludes halogenated alkanes) is 10. The molecule has 0 amide bonds. The SMILES string of the molecule is CCCCCCCCc1ccc(-c2ccc3cc4cc5ccc(-c6ccc(CCCCCCCC)s6)cc5cc4cc3c2)s1. The van der Waals surface area contributed by atoms with Crippen LogP contribution < -0.4 is 0 Å². The topological polar surface area (TPSA) is 0 Å². The fourth-order valence-corrected chi connectivity index (χ4v) is 8.64. The minimum atomic E-state index is 1.22. The fraction of sp³-hybridized carbons (Fsp3) is 0.381. The van der Waals surface area contributed by atoms with E-state index in [0.717, 1.165) is 0 Å². The average Bonchev–Trinajstić information content (AvgIpc) is 3.72. The highest BCUT2D eigenvalue weighted by Gasteiger charge is 2.09. The van der Waals surface area contributed by atoms with Gasteiger partial charge in [0.15, 0.2) is 0 Å². The second-order valence-corrected chi connectivity index (χ2v) is 15.1. The highest BCUT2D eigenvalue weighted by atomic mass is 32.1. The van der Waals surface area contributed by atoms with Crippen LogP contribution in [0.2, 0.25) is 0 Å². The van der Waals surface area contributed by atoms with Crippen LogP contribution in [0.5, 0.6) is 0 Å². The zero-order valence-corrected chi connectivity index (χ0v) is 28.4. The van der Waals surface area contributed by atoms with Gasteiger partial charge in [-0.3, -0.25) is 0 Å². The third-order valence-corrected chi connectivity index (χ3v) is 11.6. The molecule has 2 aromatic heterocycles. The van der Waals surface area contributed by atoms with E-state index in [2.05, 4.69) is 98.8 Å². The van der Waals surface area contributed by atoms with E-state index >= 15 is 0 Å². The number of hydrogen-bond donors (Lipinski definition) is 0. The van der Waals surface area contributed by atoms with Gasteiger partial charge in [0.2, 0.25) is 0 Å². The van der Waals surface area contributed by atoms with E-state index in [9.17, 15) is 0 Å². The molecule has 4 aromatic carbocycles. The van der Waals surface area contributed by atoms with Crippen LogP contribution in [0.1, 0.15) is 101 Å². The van der Waals surface area contributed by atoms with Crippen molar-refractivity contribution < 1.29 is 0 Å². The van der Waals surface area contributed by atoms with Crippen LogP contribution >= 0.6 is 22.7 Å². The second-order valence-electron chi connectivity index (χ2n) is 12.7. The lowest BCUT2D eigenvalue weighted by molar-refractivity contribution is 0.609. The summed E-state index contributed by atoms with van der Waals surface area (Å²) in [4.78, 5) is 5.83. The number of aryl methyl sites for hydroxylation is 2. The van der Waals surface area contributed by atoms with Gasteiger partial charge in [0.25, 0.3) is 0 Å². The molecule has 2 heterocycles. The van der Waals surface area contributed by atoms with Crippen LogP contribution in [0.4, 0.5) is 0 Å². The number of thiophene rings is 2. The van der Waals surface area contributed by atoms with Gasteiger partial charge in [-0.2, -0.15) is 0 Å². The summed E-state index contributed by atoms with van der Waals surface area (Å²) in [6.07, 6.45) is 18.8. The highest BCUT2D eigenvalue weighted by molar-refractivity contribution is 7.15. The van der Waals surface area contributed by atoms with Gasteiger partial charge >= 0.3 is 0 Å². The Labute approximate surface area is 273 Å². The molecule has 0 spiro atoms. The van der Waals surface area contributed by atoms with Crippen molar-refractivity contribution in [3.05, 3.63) is 94.7 Å². The Morgan fingerprint density at radius 3 is 1.20 bits per heavy atom. The van der Waals surface area contributed by atoms with E-state index in [-0.39, 0.29) is 0 Å². The van der Waals surface area contributed by atoms with Gasteiger partial charge in [-0.25, -0.2) is 0 Å². The van der Waals surface area contributed by atoms with Crippen molar-refractivity contribution >= 4 is 55.0 Å². The van der Waals surface area contributed by atoms with Crippen molar-refractivity contribution in [3.8, 4) is 20.9 Å². The molecule has 0 nitrogen and oxygen atoms in total.